The van der Waals surface area contributed by atoms with E-state index >= 15 is 0 Å². The summed E-state index contributed by atoms with van der Waals surface area (Å²) in [6.07, 6.45) is -6.44. The van der Waals surface area contributed by atoms with Gasteiger partial charge in [0.2, 0.25) is 0 Å². The molecular weight excluding hydrogens is 289 g/mol. The molecule has 0 aliphatic rings. The highest BCUT2D eigenvalue weighted by Gasteiger charge is 2.34. The van der Waals surface area contributed by atoms with Crippen LogP contribution >= 0.6 is 11.6 Å². The van der Waals surface area contributed by atoms with E-state index in [-0.39, 0.29) is 11.3 Å². The molecule has 1 aromatic carbocycles. The van der Waals surface area contributed by atoms with E-state index in [4.69, 9.17) is 16.3 Å². The average Bonchev–Trinajstić information content (AvgIpc) is 2.34. The van der Waals surface area contributed by atoms with Crippen LogP contribution in [0.25, 0.3) is 0 Å². The number of benzene rings is 1. The summed E-state index contributed by atoms with van der Waals surface area (Å²) in [5.74, 6) is -1.40. The fraction of sp³-hybridized carbons (Fsp3) is 0.364. The van der Waals surface area contributed by atoms with Gasteiger partial charge in [-0.05, 0) is 12.1 Å². The normalized spacial score (nSPS) is 13.0. The molecule has 0 aromatic heterocycles. The molecule has 1 atom stereocenters. The molecule has 8 heteroatoms. The van der Waals surface area contributed by atoms with Crippen LogP contribution in [0.15, 0.2) is 12.1 Å². The van der Waals surface area contributed by atoms with E-state index in [2.05, 4.69) is 4.74 Å². The van der Waals surface area contributed by atoms with Crippen LogP contribution in [0.3, 0.4) is 0 Å². The van der Waals surface area contributed by atoms with Crippen molar-refractivity contribution < 1.29 is 32.5 Å². The fourth-order valence-electron chi connectivity index (χ4n) is 1.42. The molecule has 0 saturated carbocycles. The number of aliphatic hydroxyl groups is 1. The van der Waals surface area contributed by atoms with Crippen LogP contribution in [-0.2, 0) is 15.7 Å². The van der Waals surface area contributed by atoms with Crippen LogP contribution in [0.2, 0.25) is 5.02 Å². The molecule has 0 aliphatic carbocycles. The fourth-order valence-corrected chi connectivity index (χ4v) is 1.73. The number of hydrogen-bond donors (Lipinski definition) is 1. The molecule has 1 rings (SSSR count). The van der Waals surface area contributed by atoms with Crippen LogP contribution in [0.1, 0.15) is 17.2 Å². The summed E-state index contributed by atoms with van der Waals surface area (Å²) in [6, 6.07) is 1.25. The van der Waals surface area contributed by atoms with Crippen molar-refractivity contribution in [2.45, 2.75) is 12.3 Å². The number of carbonyl (C=O) groups excluding carboxylic acids is 1. The Kier molecular flexibility index (Phi) is 4.65. The monoisotopic (exact) mass is 298 g/mol. The lowest BCUT2D eigenvalue weighted by Gasteiger charge is -2.17. The highest BCUT2D eigenvalue weighted by Crippen LogP contribution is 2.39. The average molecular weight is 299 g/mol. The van der Waals surface area contributed by atoms with E-state index in [1.54, 1.807) is 0 Å². The van der Waals surface area contributed by atoms with Gasteiger partial charge in [0, 0.05) is 0 Å². The van der Waals surface area contributed by atoms with Gasteiger partial charge >= 0.3 is 12.1 Å². The van der Waals surface area contributed by atoms with Gasteiger partial charge < -0.3 is 14.6 Å². The van der Waals surface area contributed by atoms with Crippen molar-refractivity contribution in [3.05, 3.63) is 28.3 Å². The van der Waals surface area contributed by atoms with Crippen LogP contribution in [0, 0.1) is 0 Å². The third-order valence-corrected chi connectivity index (χ3v) is 2.65. The van der Waals surface area contributed by atoms with Gasteiger partial charge in [-0.15, -0.1) is 0 Å². The number of aliphatic hydroxyl groups excluding tert-OH is 1. The minimum absolute atomic E-state index is 0.274. The third kappa shape index (κ3) is 3.30. The maximum atomic E-state index is 12.6. The van der Waals surface area contributed by atoms with Crippen molar-refractivity contribution >= 4 is 17.6 Å². The molecule has 0 heterocycles. The van der Waals surface area contributed by atoms with Crippen molar-refractivity contribution in [3.63, 3.8) is 0 Å². The van der Waals surface area contributed by atoms with Crippen LogP contribution in [-0.4, -0.2) is 25.3 Å². The highest BCUT2D eigenvalue weighted by molar-refractivity contribution is 6.32. The summed E-state index contributed by atoms with van der Waals surface area (Å²) >= 11 is 5.67. The largest absolute Gasteiger partial charge is 0.496 e. The number of alkyl halides is 3. The lowest BCUT2D eigenvalue weighted by molar-refractivity contribution is -0.150. The maximum Gasteiger partial charge on any atom is 0.416 e. The number of ether oxygens (including phenoxy) is 2. The minimum atomic E-state index is -4.62. The number of rotatable bonds is 3. The first-order valence-electron chi connectivity index (χ1n) is 4.93. The number of halogens is 4. The summed E-state index contributed by atoms with van der Waals surface area (Å²) < 4.78 is 46.7. The Hall–Kier alpha value is -1.47. The van der Waals surface area contributed by atoms with Crippen molar-refractivity contribution in [2.24, 2.45) is 0 Å². The number of methoxy groups -OCH3 is 2. The number of hydrogen-bond acceptors (Lipinski definition) is 4. The molecule has 0 spiro atoms. The Bertz CT molecular complexity index is 488. The third-order valence-electron chi connectivity index (χ3n) is 2.34. The summed E-state index contributed by atoms with van der Waals surface area (Å²) in [7, 11) is 2.12. The van der Waals surface area contributed by atoms with Crippen molar-refractivity contribution in [1.82, 2.24) is 0 Å². The summed E-state index contributed by atoms with van der Waals surface area (Å²) in [6.45, 7) is 0. The van der Waals surface area contributed by atoms with E-state index in [9.17, 15) is 23.1 Å². The molecule has 19 heavy (non-hydrogen) atoms. The number of carbonyl (C=O) groups is 1. The predicted molar refractivity (Wildman–Crippen MR) is 60.0 cm³/mol. The van der Waals surface area contributed by atoms with Gasteiger partial charge in [-0.3, -0.25) is 0 Å². The first-order chi connectivity index (χ1) is 8.72. The molecule has 1 aromatic rings. The molecule has 0 amide bonds. The van der Waals surface area contributed by atoms with Crippen LogP contribution in [0.5, 0.6) is 5.75 Å². The zero-order chi connectivity index (χ0) is 14.8. The Morgan fingerprint density at radius 1 is 1.37 bits per heavy atom. The van der Waals surface area contributed by atoms with Gasteiger partial charge in [0.15, 0.2) is 6.10 Å². The molecule has 0 fully saturated rings. The SMILES string of the molecule is COC(=O)C(O)c1c(Cl)cc(C(F)(F)F)cc1OC. The Morgan fingerprint density at radius 3 is 2.37 bits per heavy atom. The Labute approximate surface area is 111 Å². The zero-order valence-corrected chi connectivity index (χ0v) is 10.7. The summed E-state index contributed by atoms with van der Waals surface area (Å²) in [5.41, 5.74) is -1.32. The van der Waals surface area contributed by atoms with E-state index in [1.807, 2.05) is 0 Å². The Morgan fingerprint density at radius 2 is 1.95 bits per heavy atom. The molecule has 0 aliphatic heterocycles. The van der Waals surface area contributed by atoms with E-state index in [0.717, 1.165) is 14.2 Å². The quantitative estimate of drug-likeness (QED) is 0.872. The van der Waals surface area contributed by atoms with Crippen LogP contribution < -0.4 is 4.74 Å². The molecule has 0 radical (unpaired) electrons. The van der Waals surface area contributed by atoms with E-state index in [0.29, 0.717) is 12.1 Å². The van der Waals surface area contributed by atoms with E-state index in [1.165, 1.54) is 0 Å². The van der Waals surface area contributed by atoms with E-state index < -0.39 is 28.8 Å². The summed E-state index contributed by atoms with van der Waals surface area (Å²) in [5, 5.41) is 9.22. The number of esters is 1. The van der Waals surface area contributed by atoms with Crippen molar-refractivity contribution in [1.29, 1.82) is 0 Å². The van der Waals surface area contributed by atoms with Crippen molar-refractivity contribution in [2.75, 3.05) is 14.2 Å². The van der Waals surface area contributed by atoms with Gasteiger partial charge in [0.05, 0.1) is 30.4 Å². The first kappa shape index (κ1) is 15.6. The van der Waals surface area contributed by atoms with Gasteiger partial charge in [-0.2, -0.15) is 13.2 Å². The second-order valence-electron chi connectivity index (χ2n) is 3.50. The Balaban J connectivity index is 3.38. The van der Waals surface area contributed by atoms with Gasteiger partial charge in [0.25, 0.3) is 0 Å². The lowest BCUT2D eigenvalue weighted by Crippen LogP contribution is -2.16. The molecule has 1 unspecified atom stereocenters. The molecule has 0 saturated heterocycles. The first-order valence-corrected chi connectivity index (χ1v) is 5.30. The van der Waals surface area contributed by atoms with Gasteiger partial charge in [-0.25, -0.2) is 4.79 Å². The second kappa shape index (κ2) is 5.66. The topological polar surface area (TPSA) is 55.8 Å². The molecule has 4 nitrogen and oxygen atoms in total. The zero-order valence-electron chi connectivity index (χ0n) is 9.92. The summed E-state index contributed by atoms with van der Waals surface area (Å²) in [4.78, 5) is 11.2. The predicted octanol–water partition coefficient (Wildman–Crippen LogP) is 2.57. The highest BCUT2D eigenvalue weighted by atomic mass is 35.5. The van der Waals surface area contributed by atoms with Gasteiger partial charge in [0.1, 0.15) is 5.75 Å². The maximum absolute atomic E-state index is 12.6. The molecule has 0 bridgehead atoms. The van der Waals surface area contributed by atoms with Crippen LogP contribution in [0.4, 0.5) is 13.2 Å². The van der Waals surface area contributed by atoms with Gasteiger partial charge in [-0.1, -0.05) is 11.6 Å². The van der Waals surface area contributed by atoms with Crippen molar-refractivity contribution in [3.8, 4) is 5.75 Å². The minimum Gasteiger partial charge on any atom is -0.496 e. The smallest absolute Gasteiger partial charge is 0.416 e. The molecule has 1 N–H and O–H groups in total. The second-order valence-corrected chi connectivity index (χ2v) is 3.90. The standard InChI is InChI=1S/C11H10ClF3O4/c1-18-7-4-5(11(13,14)15)3-6(12)8(7)9(16)10(17)19-2/h3-4,9,16H,1-2H3. The lowest BCUT2D eigenvalue weighted by atomic mass is 10.0. The molecule has 106 valence electrons. The molecular formula is C11H10ClF3O4.